The van der Waals surface area contributed by atoms with Crippen LogP contribution in [0.3, 0.4) is 0 Å². The lowest BCUT2D eigenvalue weighted by Gasteiger charge is -2.32. The highest BCUT2D eigenvalue weighted by atomic mass is 32.1. The van der Waals surface area contributed by atoms with E-state index in [4.69, 9.17) is 4.74 Å². The van der Waals surface area contributed by atoms with Crippen molar-refractivity contribution in [3.05, 3.63) is 63.8 Å². The van der Waals surface area contributed by atoms with Crippen molar-refractivity contribution in [3.8, 4) is 0 Å². The number of aliphatic hydroxyl groups is 2. The van der Waals surface area contributed by atoms with Crippen LogP contribution in [0, 0.1) is 0 Å². The van der Waals surface area contributed by atoms with Gasteiger partial charge in [0.15, 0.2) is 0 Å². The van der Waals surface area contributed by atoms with E-state index >= 15 is 0 Å². The van der Waals surface area contributed by atoms with E-state index in [-0.39, 0.29) is 18.8 Å². The largest absolute Gasteiger partial charge is 0.394 e. The lowest BCUT2D eigenvalue weighted by atomic mass is 9.95. The minimum atomic E-state index is -0.444. The number of aliphatic hydroxyl groups excluding tert-OH is 2. The smallest absolute Gasteiger partial charge is 0.149 e. The normalized spacial score (nSPS) is 25.1. The van der Waals surface area contributed by atoms with E-state index in [1.165, 1.54) is 0 Å². The molecular weight excluding hydrogens is 362 g/mol. The molecule has 0 bridgehead atoms. The van der Waals surface area contributed by atoms with Crippen molar-refractivity contribution in [2.24, 2.45) is 0 Å². The van der Waals surface area contributed by atoms with Crippen LogP contribution in [-0.4, -0.2) is 45.8 Å². The second-order valence-corrected chi connectivity index (χ2v) is 7.95. The number of dihydropyridines is 1. The van der Waals surface area contributed by atoms with E-state index in [2.05, 4.69) is 39.8 Å². The van der Waals surface area contributed by atoms with Crippen LogP contribution >= 0.6 is 11.3 Å². The molecule has 3 N–H and O–H groups in total. The fraction of sp³-hybridized carbons (Fsp3) is 0.400. The van der Waals surface area contributed by atoms with E-state index in [0.717, 1.165) is 33.3 Å². The Hall–Kier alpha value is -2.06. The summed E-state index contributed by atoms with van der Waals surface area (Å²) >= 11 is 1.59. The molecule has 6 nitrogen and oxygen atoms in total. The quantitative estimate of drug-likeness (QED) is 0.731. The average Bonchev–Trinajstić information content (AvgIpc) is 3.17. The van der Waals surface area contributed by atoms with Crippen LogP contribution in [0.4, 0.5) is 0 Å². The summed E-state index contributed by atoms with van der Waals surface area (Å²) in [5, 5.41) is 33.1. The van der Waals surface area contributed by atoms with Crippen LogP contribution in [-0.2, 0) is 11.2 Å². The number of rotatable bonds is 5. The van der Waals surface area contributed by atoms with Gasteiger partial charge < -0.3 is 20.3 Å². The third-order valence-corrected chi connectivity index (χ3v) is 5.74. The first-order valence-corrected chi connectivity index (χ1v) is 9.99. The van der Waals surface area contributed by atoms with Gasteiger partial charge in [0.2, 0.25) is 0 Å². The lowest BCUT2D eigenvalue weighted by Crippen LogP contribution is -2.33. The van der Waals surface area contributed by atoms with Crippen molar-refractivity contribution in [2.45, 2.75) is 37.6 Å². The first kappa shape index (κ1) is 18.3. The van der Waals surface area contributed by atoms with Gasteiger partial charge in [0.05, 0.1) is 24.9 Å². The van der Waals surface area contributed by atoms with Gasteiger partial charge >= 0.3 is 0 Å². The first-order valence-electron chi connectivity index (χ1n) is 9.17. The molecule has 4 rings (SSSR count). The molecule has 0 saturated carbocycles. The third-order valence-electron chi connectivity index (χ3n) is 4.76. The Morgan fingerprint density at radius 2 is 2.19 bits per heavy atom. The molecule has 1 aromatic carbocycles. The Balaban J connectivity index is 1.47. The molecule has 27 heavy (non-hydrogen) atoms. The van der Waals surface area contributed by atoms with Gasteiger partial charge in [-0.2, -0.15) is 0 Å². The number of hydrogen-bond acceptors (Lipinski definition) is 7. The maximum absolute atomic E-state index is 10.0. The molecule has 3 heterocycles. The van der Waals surface area contributed by atoms with Crippen molar-refractivity contribution < 1.29 is 14.9 Å². The molecule has 2 aliphatic rings. The van der Waals surface area contributed by atoms with Crippen molar-refractivity contribution >= 4 is 16.9 Å². The highest BCUT2D eigenvalue weighted by molar-refractivity contribution is 7.12. The number of nitrogens with one attached hydrogen (secondary N) is 1. The molecule has 1 aromatic heterocycles. The van der Waals surface area contributed by atoms with Gasteiger partial charge in [-0.3, -0.25) is 0 Å². The Kier molecular flexibility index (Phi) is 5.63. The summed E-state index contributed by atoms with van der Waals surface area (Å²) in [7, 11) is 0. The number of aromatic nitrogens is 2. The fourth-order valence-corrected chi connectivity index (χ4v) is 4.32. The minimum Gasteiger partial charge on any atom is -0.394 e. The Morgan fingerprint density at radius 1 is 1.26 bits per heavy atom. The maximum atomic E-state index is 10.0. The molecular formula is C20H23N3O3S. The lowest BCUT2D eigenvalue weighted by molar-refractivity contribution is -0.113. The molecule has 0 amide bonds. The SMILES string of the molecule is OCC1CC(O)CC(c2cccc(Cc3nnc(C4=CNCC=C4)s3)c2)O1. The molecule has 1 saturated heterocycles. The first-order chi connectivity index (χ1) is 13.2. The van der Waals surface area contributed by atoms with Crippen molar-refractivity contribution in [1.29, 1.82) is 0 Å². The summed E-state index contributed by atoms with van der Waals surface area (Å²) in [6.07, 6.45) is 6.89. The third kappa shape index (κ3) is 4.44. The second kappa shape index (κ2) is 8.31. The van der Waals surface area contributed by atoms with Gasteiger partial charge in [-0.05, 0) is 11.1 Å². The number of nitrogens with zero attached hydrogens (tertiary/aromatic N) is 2. The van der Waals surface area contributed by atoms with Gasteiger partial charge in [0, 0.05) is 37.6 Å². The highest BCUT2D eigenvalue weighted by Crippen LogP contribution is 2.32. The average molecular weight is 385 g/mol. The summed E-state index contributed by atoms with van der Waals surface area (Å²) in [6.45, 7) is 0.775. The molecule has 2 aromatic rings. The van der Waals surface area contributed by atoms with Crippen LogP contribution in [0.5, 0.6) is 0 Å². The van der Waals surface area contributed by atoms with Crippen molar-refractivity contribution in [3.63, 3.8) is 0 Å². The Bertz CT molecular complexity index is 849. The molecule has 1 fully saturated rings. The van der Waals surface area contributed by atoms with E-state index in [9.17, 15) is 10.2 Å². The zero-order valence-corrected chi connectivity index (χ0v) is 15.7. The summed E-state index contributed by atoms with van der Waals surface area (Å²) in [4.78, 5) is 0. The standard InChI is InChI=1S/C20H23N3O3S/c24-12-17-9-16(25)10-18(26-17)14-4-1-3-13(7-14)8-19-22-23-20(27-19)15-5-2-6-21-11-15/h1-5,7,11,16-18,21,24-25H,6,8-10,12H2. The number of allylic oxidation sites excluding steroid dienone is 2. The minimum absolute atomic E-state index is 0.0695. The summed E-state index contributed by atoms with van der Waals surface area (Å²) in [5.41, 5.74) is 3.21. The number of hydrogen-bond donors (Lipinski definition) is 3. The van der Waals surface area contributed by atoms with Gasteiger partial charge in [0.1, 0.15) is 10.0 Å². The van der Waals surface area contributed by atoms with Crippen LogP contribution in [0.2, 0.25) is 0 Å². The maximum Gasteiger partial charge on any atom is 0.149 e. The van der Waals surface area contributed by atoms with Gasteiger partial charge in [0.25, 0.3) is 0 Å². The Morgan fingerprint density at radius 3 is 3.00 bits per heavy atom. The van der Waals surface area contributed by atoms with E-state index < -0.39 is 6.10 Å². The second-order valence-electron chi connectivity index (χ2n) is 6.89. The molecule has 0 aliphatic carbocycles. The summed E-state index contributed by atoms with van der Waals surface area (Å²) in [5.74, 6) is 0. The molecule has 7 heteroatoms. The van der Waals surface area contributed by atoms with Crippen molar-refractivity contribution in [2.75, 3.05) is 13.2 Å². The molecule has 3 atom stereocenters. The number of benzene rings is 1. The van der Waals surface area contributed by atoms with E-state index in [1.807, 2.05) is 18.3 Å². The van der Waals surface area contributed by atoms with Crippen molar-refractivity contribution in [1.82, 2.24) is 15.5 Å². The molecule has 0 radical (unpaired) electrons. The van der Waals surface area contributed by atoms with Crippen LogP contribution in [0.15, 0.2) is 42.6 Å². The predicted octanol–water partition coefficient (Wildman–Crippen LogP) is 2.20. The van der Waals surface area contributed by atoms with Gasteiger partial charge in [-0.15, -0.1) is 10.2 Å². The zero-order valence-electron chi connectivity index (χ0n) is 14.9. The summed E-state index contributed by atoms with van der Waals surface area (Å²) in [6, 6.07) is 8.17. The van der Waals surface area contributed by atoms with Crippen LogP contribution in [0.1, 0.15) is 40.1 Å². The number of ether oxygens (including phenoxy) is 1. The topological polar surface area (TPSA) is 87.5 Å². The zero-order chi connectivity index (χ0) is 18.6. The molecule has 3 unspecified atom stereocenters. The molecule has 2 aliphatic heterocycles. The van der Waals surface area contributed by atoms with Gasteiger partial charge in [-0.1, -0.05) is 47.8 Å². The van der Waals surface area contributed by atoms with Crippen LogP contribution in [0.25, 0.3) is 5.57 Å². The Labute approximate surface area is 162 Å². The predicted molar refractivity (Wildman–Crippen MR) is 104 cm³/mol. The highest BCUT2D eigenvalue weighted by Gasteiger charge is 2.29. The van der Waals surface area contributed by atoms with E-state index in [0.29, 0.717) is 19.3 Å². The van der Waals surface area contributed by atoms with Crippen LogP contribution < -0.4 is 5.32 Å². The monoisotopic (exact) mass is 385 g/mol. The molecule has 0 spiro atoms. The van der Waals surface area contributed by atoms with E-state index in [1.54, 1.807) is 11.3 Å². The molecule has 142 valence electrons. The van der Waals surface area contributed by atoms with Gasteiger partial charge in [-0.25, -0.2) is 0 Å². The fourth-order valence-electron chi connectivity index (χ4n) is 3.45. The summed E-state index contributed by atoms with van der Waals surface area (Å²) < 4.78 is 5.92.